The molecule has 1 aliphatic heterocycles. The van der Waals surface area contributed by atoms with E-state index >= 15 is 0 Å². The molecule has 1 aromatic carbocycles. The number of hydrogen-bond acceptors (Lipinski definition) is 6. The van der Waals surface area contributed by atoms with Crippen molar-refractivity contribution in [1.82, 2.24) is 24.4 Å². The van der Waals surface area contributed by atoms with Gasteiger partial charge in [0.25, 0.3) is 0 Å². The number of carbonyl (C=O) groups excluding carboxylic acids is 1. The fourth-order valence-electron chi connectivity index (χ4n) is 3.95. The van der Waals surface area contributed by atoms with Gasteiger partial charge in [-0.1, -0.05) is 29.8 Å². The molecule has 3 aromatic heterocycles. The SMILES string of the molecule is CCn1ccc2nc(Cl)ccc21.COc1ncc(-c2ccccc2N2CCN(C=O)CC2)cn1. The number of piperazine rings is 1. The smallest absolute Gasteiger partial charge is 0.316 e. The molecule has 0 atom stereocenters. The van der Waals surface area contributed by atoms with E-state index in [-0.39, 0.29) is 0 Å². The van der Waals surface area contributed by atoms with Gasteiger partial charge >= 0.3 is 6.01 Å². The summed E-state index contributed by atoms with van der Waals surface area (Å²) < 4.78 is 7.14. The molecule has 0 radical (unpaired) electrons. The second-order valence-corrected chi connectivity index (χ2v) is 8.13. The minimum absolute atomic E-state index is 0.362. The Morgan fingerprint density at radius 3 is 2.44 bits per heavy atom. The number of carbonyl (C=O) groups is 1. The normalized spacial score (nSPS) is 13.4. The highest BCUT2D eigenvalue weighted by molar-refractivity contribution is 6.29. The molecule has 0 N–H and O–H groups in total. The largest absolute Gasteiger partial charge is 0.467 e. The van der Waals surface area contributed by atoms with Crippen LogP contribution in [0.3, 0.4) is 0 Å². The van der Waals surface area contributed by atoms with E-state index in [4.69, 9.17) is 16.3 Å². The van der Waals surface area contributed by atoms with Crippen molar-refractivity contribution < 1.29 is 9.53 Å². The number of halogens is 1. The molecule has 1 saturated heterocycles. The fraction of sp³-hybridized carbons (Fsp3) is 0.280. The summed E-state index contributed by atoms with van der Waals surface area (Å²) in [6.45, 7) is 6.22. The van der Waals surface area contributed by atoms with Crippen LogP contribution in [-0.2, 0) is 11.3 Å². The number of ether oxygens (including phenoxy) is 1. The van der Waals surface area contributed by atoms with Gasteiger partial charge in [0.15, 0.2) is 0 Å². The van der Waals surface area contributed by atoms with E-state index in [2.05, 4.69) is 43.5 Å². The molecule has 0 bridgehead atoms. The molecule has 1 amide bonds. The van der Waals surface area contributed by atoms with E-state index < -0.39 is 0 Å². The van der Waals surface area contributed by atoms with Crippen LogP contribution in [0.2, 0.25) is 5.15 Å². The molecule has 0 aliphatic carbocycles. The van der Waals surface area contributed by atoms with Gasteiger partial charge in [-0.05, 0) is 31.2 Å². The average Bonchev–Trinajstić information content (AvgIpc) is 3.31. The van der Waals surface area contributed by atoms with Crippen LogP contribution in [-0.4, -0.2) is 64.1 Å². The van der Waals surface area contributed by atoms with Gasteiger partial charge in [0.1, 0.15) is 5.15 Å². The summed E-state index contributed by atoms with van der Waals surface area (Å²) in [4.78, 5) is 27.5. The van der Waals surface area contributed by atoms with E-state index in [1.165, 1.54) is 0 Å². The topological polar surface area (TPSA) is 76.4 Å². The lowest BCUT2D eigenvalue weighted by atomic mass is 10.1. The van der Waals surface area contributed by atoms with Gasteiger partial charge in [-0.2, -0.15) is 0 Å². The first-order chi connectivity index (χ1) is 16.6. The Balaban J connectivity index is 0.000000192. The quantitative estimate of drug-likeness (QED) is 0.317. The third-order valence-corrected chi connectivity index (χ3v) is 5.97. The van der Waals surface area contributed by atoms with Crippen molar-refractivity contribution in [2.45, 2.75) is 13.5 Å². The molecule has 1 fully saturated rings. The number of fused-ring (bicyclic) bond motifs is 1. The molecule has 0 unspecified atom stereocenters. The van der Waals surface area contributed by atoms with E-state index in [0.717, 1.165) is 67.0 Å². The number of aryl methyl sites for hydroxylation is 1. The van der Waals surface area contributed by atoms with Crippen LogP contribution in [0, 0.1) is 0 Å². The number of hydrogen-bond donors (Lipinski definition) is 0. The molecule has 9 heteroatoms. The average molecular weight is 479 g/mol. The number of methoxy groups -OCH3 is 1. The lowest BCUT2D eigenvalue weighted by Gasteiger charge is -2.35. The van der Waals surface area contributed by atoms with Gasteiger partial charge in [0.2, 0.25) is 6.41 Å². The summed E-state index contributed by atoms with van der Waals surface area (Å²) in [5.41, 5.74) is 5.28. The maximum absolute atomic E-state index is 10.8. The zero-order chi connectivity index (χ0) is 23.9. The Hall–Kier alpha value is -3.65. The van der Waals surface area contributed by atoms with Gasteiger partial charge in [0, 0.05) is 68.1 Å². The molecule has 1 aliphatic rings. The van der Waals surface area contributed by atoms with Crippen molar-refractivity contribution in [1.29, 1.82) is 0 Å². The van der Waals surface area contributed by atoms with E-state index in [9.17, 15) is 4.79 Å². The highest BCUT2D eigenvalue weighted by Gasteiger charge is 2.18. The number of anilines is 1. The summed E-state index contributed by atoms with van der Waals surface area (Å²) in [6.07, 6.45) is 6.48. The summed E-state index contributed by atoms with van der Waals surface area (Å²) in [5.74, 6) is 0. The number of para-hydroxylation sites is 1. The molecule has 176 valence electrons. The molecule has 4 aromatic rings. The Morgan fingerprint density at radius 1 is 1.03 bits per heavy atom. The van der Waals surface area contributed by atoms with Crippen LogP contribution < -0.4 is 9.64 Å². The molecule has 8 nitrogen and oxygen atoms in total. The number of benzene rings is 1. The first-order valence-electron chi connectivity index (χ1n) is 11.1. The first kappa shape index (κ1) is 23.5. The van der Waals surface area contributed by atoms with Crippen LogP contribution in [0.25, 0.3) is 22.2 Å². The van der Waals surface area contributed by atoms with E-state index in [0.29, 0.717) is 11.2 Å². The highest BCUT2D eigenvalue weighted by atomic mass is 35.5. The van der Waals surface area contributed by atoms with Gasteiger partial charge in [0.05, 0.1) is 18.1 Å². The van der Waals surface area contributed by atoms with Crippen LogP contribution in [0.15, 0.2) is 61.1 Å². The van der Waals surface area contributed by atoms with Crippen LogP contribution in [0.4, 0.5) is 5.69 Å². The van der Waals surface area contributed by atoms with Crippen molar-refractivity contribution in [2.24, 2.45) is 0 Å². The summed E-state index contributed by atoms with van der Waals surface area (Å²) in [7, 11) is 1.55. The number of aromatic nitrogens is 4. The van der Waals surface area contributed by atoms with Crippen molar-refractivity contribution in [3.05, 3.63) is 66.2 Å². The molecular weight excluding hydrogens is 452 g/mol. The van der Waals surface area contributed by atoms with Gasteiger partial charge in [-0.15, -0.1) is 0 Å². The Morgan fingerprint density at radius 2 is 1.76 bits per heavy atom. The van der Waals surface area contributed by atoms with Crippen molar-refractivity contribution >= 4 is 34.7 Å². The Labute approximate surface area is 203 Å². The zero-order valence-electron chi connectivity index (χ0n) is 19.3. The second kappa shape index (κ2) is 11.0. The molecule has 5 rings (SSSR count). The minimum Gasteiger partial charge on any atom is -0.467 e. The maximum Gasteiger partial charge on any atom is 0.316 e. The van der Waals surface area contributed by atoms with Gasteiger partial charge in [-0.25, -0.2) is 15.0 Å². The number of amides is 1. The van der Waals surface area contributed by atoms with Crippen molar-refractivity contribution in [3.8, 4) is 17.1 Å². The monoisotopic (exact) mass is 478 g/mol. The third kappa shape index (κ3) is 5.28. The Kier molecular flexibility index (Phi) is 7.59. The fourth-order valence-corrected chi connectivity index (χ4v) is 4.10. The van der Waals surface area contributed by atoms with Crippen molar-refractivity contribution in [3.63, 3.8) is 0 Å². The lowest BCUT2D eigenvalue weighted by molar-refractivity contribution is -0.118. The maximum atomic E-state index is 10.8. The predicted octanol–water partition coefficient (Wildman–Crippen LogP) is 4.14. The van der Waals surface area contributed by atoms with Crippen LogP contribution in [0.5, 0.6) is 6.01 Å². The minimum atomic E-state index is 0.362. The Bertz CT molecular complexity index is 1240. The van der Waals surface area contributed by atoms with Gasteiger partial charge in [-0.3, -0.25) is 4.79 Å². The van der Waals surface area contributed by atoms with Crippen LogP contribution >= 0.6 is 11.6 Å². The molecule has 0 spiro atoms. The van der Waals surface area contributed by atoms with Crippen molar-refractivity contribution in [2.75, 3.05) is 38.2 Å². The predicted molar refractivity (Wildman–Crippen MR) is 134 cm³/mol. The third-order valence-electron chi connectivity index (χ3n) is 5.76. The second-order valence-electron chi connectivity index (χ2n) is 7.74. The van der Waals surface area contributed by atoms with Crippen LogP contribution in [0.1, 0.15) is 6.92 Å². The lowest BCUT2D eigenvalue weighted by Crippen LogP contribution is -2.45. The molecule has 0 saturated carbocycles. The highest BCUT2D eigenvalue weighted by Crippen LogP contribution is 2.31. The molecular formula is C25H27ClN6O2. The molecule has 34 heavy (non-hydrogen) atoms. The number of nitrogens with zero attached hydrogens (tertiary/aromatic N) is 6. The van der Waals surface area contributed by atoms with E-state index in [1.54, 1.807) is 24.4 Å². The zero-order valence-corrected chi connectivity index (χ0v) is 20.0. The summed E-state index contributed by atoms with van der Waals surface area (Å²) in [5, 5.41) is 0.552. The first-order valence-corrected chi connectivity index (χ1v) is 11.5. The number of rotatable bonds is 5. The molecule has 4 heterocycles. The summed E-state index contributed by atoms with van der Waals surface area (Å²) >= 11 is 5.75. The van der Waals surface area contributed by atoms with E-state index in [1.807, 2.05) is 36.5 Å². The summed E-state index contributed by atoms with van der Waals surface area (Å²) in [6, 6.07) is 14.3. The number of pyridine rings is 1. The van der Waals surface area contributed by atoms with Gasteiger partial charge < -0.3 is 19.1 Å². The standard InChI is InChI=1S/C16H18N4O2.C9H9ClN2/c1-22-16-17-10-13(11-18-16)14-4-2-3-5-15(14)20-8-6-19(12-21)7-9-20;1-2-12-6-5-7-8(12)3-4-9(10)11-7/h2-5,10-12H,6-9H2,1H3;3-6H,2H2,1H3.